The van der Waals surface area contributed by atoms with Crippen molar-refractivity contribution in [2.45, 2.75) is 75.8 Å². The molecule has 0 N–H and O–H groups in total. The van der Waals surface area contributed by atoms with Gasteiger partial charge in [0.15, 0.2) is 0 Å². The Balaban J connectivity index is 1.15. The SMILES string of the molecule is C=CCCCCCCCCC1=CC2COCC(C1)N2C(=O)OCC1c2ccccc2-c2ccccc21. The molecule has 2 atom stereocenters. The molecule has 1 amide bonds. The van der Waals surface area contributed by atoms with Gasteiger partial charge in [-0.15, -0.1) is 6.58 Å². The Bertz CT molecular complexity index is 1040. The number of hydrogen-bond acceptors (Lipinski definition) is 3. The average Bonchev–Trinajstić information content (AvgIpc) is 3.22. The molecule has 0 spiro atoms. The molecule has 1 aliphatic carbocycles. The van der Waals surface area contributed by atoms with Crippen LogP contribution >= 0.6 is 0 Å². The number of rotatable bonds is 11. The van der Waals surface area contributed by atoms with Crippen molar-refractivity contribution in [3.05, 3.63) is 84.0 Å². The first-order valence-corrected chi connectivity index (χ1v) is 13.8. The largest absolute Gasteiger partial charge is 0.448 e. The van der Waals surface area contributed by atoms with Gasteiger partial charge in [-0.25, -0.2) is 4.79 Å². The fourth-order valence-corrected chi connectivity index (χ4v) is 6.17. The number of unbranched alkanes of at least 4 members (excludes halogenated alkanes) is 6. The van der Waals surface area contributed by atoms with E-state index in [1.165, 1.54) is 66.4 Å². The lowest BCUT2D eigenvalue weighted by atomic mass is 9.91. The molecule has 0 saturated carbocycles. The van der Waals surface area contributed by atoms with Crippen molar-refractivity contribution in [2.24, 2.45) is 0 Å². The summed E-state index contributed by atoms with van der Waals surface area (Å²) in [5.41, 5.74) is 6.49. The van der Waals surface area contributed by atoms with Gasteiger partial charge in [-0.05, 0) is 54.4 Å². The number of allylic oxidation sites excluding steroid dienone is 1. The average molecular weight is 486 g/mol. The van der Waals surface area contributed by atoms with Crippen LogP contribution in [-0.4, -0.2) is 42.9 Å². The van der Waals surface area contributed by atoms with Crippen LogP contribution < -0.4 is 0 Å². The number of carbonyl (C=O) groups excluding carboxylic acids is 1. The molecule has 2 unspecified atom stereocenters. The lowest BCUT2D eigenvalue weighted by molar-refractivity contribution is -0.0365. The van der Waals surface area contributed by atoms with Crippen molar-refractivity contribution in [1.29, 1.82) is 0 Å². The summed E-state index contributed by atoms with van der Waals surface area (Å²) in [7, 11) is 0. The van der Waals surface area contributed by atoms with Crippen molar-refractivity contribution in [3.8, 4) is 11.1 Å². The summed E-state index contributed by atoms with van der Waals surface area (Å²) in [4.78, 5) is 15.3. The van der Waals surface area contributed by atoms with Gasteiger partial charge >= 0.3 is 6.09 Å². The van der Waals surface area contributed by atoms with Crippen molar-refractivity contribution in [2.75, 3.05) is 19.8 Å². The minimum absolute atomic E-state index is 0.0120. The van der Waals surface area contributed by atoms with E-state index in [4.69, 9.17) is 9.47 Å². The van der Waals surface area contributed by atoms with Gasteiger partial charge in [-0.2, -0.15) is 0 Å². The highest BCUT2D eigenvalue weighted by atomic mass is 16.6. The predicted octanol–water partition coefficient (Wildman–Crippen LogP) is 7.64. The van der Waals surface area contributed by atoms with Gasteiger partial charge in [0.25, 0.3) is 0 Å². The smallest absolute Gasteiger partial charge is 0.410 e. The molecule has 4 nitrogen and oxygen atoms in total. The Labute approximate surface area is 216 Å². The van der Waals surface area contributed by atoms with E-state index in [0.717, 1.165) is 19.3 Å². The van der Waals surface area contributed by atoms with Crippen LogP contribution in [0.1, 0.15) is 74.8 Å². The maximum atomic E-state index is 13.3. The van der Waals surface area contributed by atoms with Crippen molar-refractivity contribution >= 4 is 6.09 Å². The minimum Gasteiger partial charge on any atom is -0.448 e. The van der Waals surface area contributed by atoms with E-state index in [1.54, 1.807) is 0 Å². The van der Waals surface area contributed by atoms with Crippen molar-refractivity contribution in [1.82, 2.24) is 4.90 Å². The van der Waals surface area contributed by atoms with Crippen LogP contribution in [0.4, 0.5) is 4.79 Å². The maximum absolute atomic E-state index is 13.3. The molecule has 2 bridgehead atoms. The molecule has 1 saturated heterocycles. The molecule has 190 valence electrons. The first-order valence-electron chi connectivity index (χ1n) is 13.8. The number of morpholine rings is 1. The van der Waals surface area contributed by atoms with E-state index < -0.39 is 0 Å². The summed E-state index contributed by atoms with van der Waals surface area (Å²) in [6.45, 7) is 5.33. The minimum atomic E-state index is -0.204. The van der Waals surface area contributed by atoms with Crippen LogP contribution in [0.25, 0.3) is 11.1 Å². The molecule has 36 heavy (non-hydrogen) atoms. The van der Waals surface area contributed by atoms with E-state index in [1.807, 2.05) is 11.0 Å². The van der Waals surface area contributed by atoms with Crippen molar-refractivity contribution in [3.63, 3.8) is 0 Å². The van der Waals surface area contributed by atoms with E-state index >= 15 is 0 Å². The maximum Gasteiger partial charge on any atom is 0.410 e. The lowest BCUT2D eigenvalue weighted by Gasteiger charge is -2.44. The Kier molecular flexibility index (Phi) is 8.22. The second-order valence-electron chi connectivity index (χ2n) is 10.4. The Morgan fingerprint density at radius 3 is 2.31 bits per heavy atom. The molecule has 3 aliphatic rings. The van der Waals surface area contributed by atoms with Crippen LogP contribution in [-0.2, 0) is 9.47 Å². The summed E-state index contributed by atoms with van der Waals surface area (Å²) >= 11 is 0. The molecule has 5 rings (SSSR count). The predicted molar refractivity (Wildman–Crippen MR) is 145 cm³/mol. The van der Waals surface area contributed by atoms with Crippen LogP contribution in [0.5, 0.6) is 0 Å². The second-order valence-corrected chi connectivity index (χ2v) is 10.4. The Morgan fingerprint density at radius 1 is 0.944 bits per heavy atom. The van der Waals surface area contributed by atoms with Gasteiger partial charge in [0.2, 0.25) is 0 Å². The highest BCUT2D eigenvalue weighted by Crippen LogP contribution is 2.44. The molecule has 0 aromatic heterocycles. The first-order chi connectivity index (χ1) is 17.8. The third kappa shape index (κ3) is 5.44. The van der Waals surface area contributed by atoms with Gasteiger partial charge in [-0.3, -0.25) is 4.90 Å². The zero-order valence-corrected chi connectivity index (χ0v) is 21.4. The van der Waals surface area contributed by atoms with Crippen molar-refractivity contribution < 1.29 is 14.3 Å². The highest BCUT2D eigenvalue weighted by Gasteiger charge is 2.39. The number of fused-ring (bicyclic) bond motifs is 5. The van der Waals surface area contributed by atoms with Crippen LogP contribution in [0, 0.1) is 0 Å². The van der Waals surface area contributed by atoms with Crippen LogP contribution in [0.3, 0.4) is 0 Å². The van der Waals surface area contributed by atoms with E-state index in [2.05, 4.69) is 61.2 Å². The molecule has 2 aromatic carbocycles. The van der Waals surface area contributed by atoms with E-state index in [9.17, 15) is 4.79 Å². The van der Waals surface area contributed by atoms with Crippen LogP contribution in [0.15, 0.2) is 72.8 Å². The molecular weight excluding hydrogens is 446 g/mol. The topological polar surface area (TPSA) is 38.8 Å². The molecule has 2 aliphatic heterocycles. The third-order valence-electron chi connectivity index (χ3n) is 7.98. The molecule has 1 fully saturated rings. The quantitative estimate of drug-likeness (QED) is 0.242. The Morgan fingerprint density at radius 2 is 1.61 bits per heavy atom. The molecule has 4 heteroatoms. The number of nitrogens with zero attached hydrogens (tertiary/aromatic N) is 1. The number of carbonyl (C=O) groups is 1. The highest BCUT2D eigenvalue weighted by molar-refractivity contribution is 5.79. The fraction of sp³-hybridized carbons (Fsp3) is 0.469. The lowest BCUT2D eigenvalue weighted by Crippen LogP contribution is -2.56. The van der Waals surface area contributed by atoms with Gasteiger partial charge in [0.05, 0.1) is 25.3 Å². The molecule has 2 aromatic rings. The summed E-state index contributed by atoms with van der Waals surface area (Å²) in [5.74, 6) is 0.0881. The van der Waals surface area contributed by atoms with E-state index in [0.29, 0.717) is 19.8 Å². The zero-order chi connectivity index (χ0) is 24.7. The molecule has 0 radical (unpaired) electrons. The second kappa shape index (κ2) is 11.9. The molecule has 2 heterocycles. The normalized spacial score (nSPS) is 20.4. The van der Waals surface area contributed by atoms with Gasteiger partial charge in [-0.1, -0.05) is 91.9 Å². The monoisotopic (exact) mass is 485 g/mol. The van der Waals surface area contributed by atoms with Gasteiger partial charge in [0.1, 0.15) is 6.61 Å². The van der Waals surface area contributed by atoms with Gasteiger partial charge < -0.3 is 9.47 Å². The summed E-state index contributed by atoms with van der Waals surface area (Å²) < 4.78 is 11.8. The Hall–Kier alpha value is -2.85. The van der Waals surface area contributed by atoms with E-state index in [-0.39, 0.29) is 24.1 Å². The van der Waals surface area contributed by atoms with Crippen LogP contribution in [0.2, 0.25) is 0 Å². The number of ether oxygens (including phenoxy) is 2. The number of benzene rings is 2. The zero-order valence-electron chi connectivity index (χ0n) is 21.4. The number of hydrogen-bond donors (Lipinski definition) is 0. The summed E-state index contributed by atoms with van der Waals surface area (Å²) in [6.07, 6.45) is 15.0. The summed E-state index contributed by atoms with van der Waals surface area (Å²) in [5, 5.41) is 0. The standard InChI is InChI=1S/C32H39NO3/c1-2-3-4-5-6-7-8-9-14-24-19-25-21-35-22-26(20-24)33(25)32(34)36-23-31-29-17-12-10-15-27(29)28-16-11-13-18-30(28)31/h2,10-13,15-19,25-26,31H,1,3-9,14,20-23H2. The summed E-state index contributed by atoms with van der Waals surface area (Å²) in [6, 6.07) is 17.0. The third-order valence-corrected chi connectivity index (χ3v) is 7.98. The molecular formula is C32H39NO3. The fourth-order valence-electron chi connectivity index (χ4n) is 6.17. The number of amides is 1. The van der Waals surface area contributed by atoms with Gasteiger partial charge in [0, 0.05) is 5.92 Å². The first kappa shape index (κ1) is 24.8.